The number of halogens is 1. The normalized spacial score (nSPS) is 12.5. The van der Waals surface area contributed by atoms with Gasteiger partial charge < -0.3 is 19.3 Å². The Labute approximate surface area is 200 Å². The van der Waals surface area contributed by atoms with Gasteiger partial charge in [0.2, 0.25) is 5.88 Å². The maximum Gasteiger partial charge on any atom is 0.227 e. The second kappa shape index (κ2) is 12.6. The highest BCUT2D eigenvalue weighted by Crippen LogP contribution is 2.32. The van der Waals surface area contributed by atoms with Gasteiger partial charge in [-0.25, -0.2) is 9.07 Å². The van der Waals surface area contributed by atoms with E-state index < -0.39 is 6.10 Å². The number of hydrogen-bond donors (Lipinski definition) is 1. The second-order valence-electron chi connectivity index (χ2n) is 8.44. The highest BCUT2D eigenvalue weighted by molar-refractivity contribution is 5.43. The lowest BCUT2D eigenvalue weighted by Crippen LogP contribution is -2.37. The Hall–Kier alpha value is -2.78. The van der Waals surface area contributed by atoms with Crippen LogP contribution < -0.4 is 4.74 Å². The molecule has 0 aliphatic rings. The number of methoxy groups -OCH3 is 1. The van der Waals surface area contributed by atoms with E-state index in [9.17, 15) is 9.50 Å². The fraction of sp³-hybridized carbons (Fsp3) is 0.423. The third kappa shape index (κ3) is 7.36. The standard InChI is InChI=1S/C26H34FN3O4/c1-19(2)33-18-23(31)16-29(13-14-32-4)17-25-20(3)28-30(22-10-6-5-7-11-22)26(25)34-24-12-8-9-21(27)15-24/h5-12,15,19,23,31H,13-14,16-18H2,1-4H3. The molecule has 2 aromatic carbocycles. The number of aliphatic hydroxyl groups excluding tert-OH is 1. The molecular formula is C26H34FN3O4. The number of para-hydroxylation sites is 1. The highest BCUT2D eigenvalue weighted by Gasteiger charge is 2.23. The fourth-order valence-electron chi connectivity index (χ4n) is 3.54. The molecule has 184 valence electrons. The number of ether oxygens (including phenoxy) is 3. The monoisotopic (exact) mass is 471 g/mol. The molecule has 3 rings (SSSR count). The van der Waals surface area contributed by atoms with Crippen molar-refractivity contribution < 1.29 is 23.7 Å². The fourth-order valence-corrected chi connectivity index (χ4v) is 3.54. The average Bonchev–Trinajstić information content (AvgIpc) is 3.11. The quantitative estimate of drug-likeness (QED) is 0.400. The Morgan fingerprint density at radius 3 is 2.56 bits per heavy atom. The van der Waals surface area contributed by atoms with E-state index in [4.69, 9.17) is 19.3 Å². The average molecular weight is 472 g/mol. The Kier molecular flexibility index (Phi) is 9.59. The van der Waals surface area contributed by atoms with E-state index >= 15 is 0 Å². The van der Waals surface area contributed by atoms with Gasteiger partial charge in [-0.05, 0) is 45.0 Å². The van der Waals surface area contributed by atoms with Crippen molar-refractivity contribution in [3.05, 3.63) is 71.7 Å². The lowest BCUT2D eigenvalue weighted by atomic mass is 10.2. The van der Waals surface area contributed by atoms with Crippen LogP contribution in [-0.4, -0.2) is 65.4 Å². The molecule has 1 aromatic heterocycles. The van der Waals surface area contributed by atoms with Gasteiger partial charge in [-0.2, -0.15) is 5.10 Å². The van der Waals surface area contributed by atoms with Crippen molar-refractivity contribution in [3.63, 3.8) is 0 Å². The van der Waals surface area contributed by atoms with Crippen LogP contribution >= 0.6 is 0 Å². The van der Waals surface area contributed by atoms with Gasteiger partial charge in [0.25, 0.3) is 0 Å². The first-order valence-corrected chi connectivity index (χ1v) is 11.5. The van der Waals surface area contributed by atoms with Crippen LogP contribution in [0.4, 0.5) is 4.39 Å². The Morgan fingerprint density at radius 1 is 1.12 bits per heavy atom. The number of benzene rings is 2. The van der Waals surface area contributed by atoms with E-state index in [0.717, 1.165) is 16.9 Å². The molecule has 0 saturated heterocycles. The summed E-state index contributed by atoms with van der Waals surface area (Å²) in [4.78, 5) is 2.08. The summed E-state index contributed by atoms with van der Waals surface area (Å²) >= 11 is 0. The highest BCUT2D eigenvalue weighted by atomic mass is 19.1. The SMILES string of the molecule is COCCN(Cc1c(C)nn(-c2ccccc2)c1Oc1cccc(F)c1)CC(O)COC(C)C. The number of nitrogens with zero attached hydrogens (tertiary/aromatic N) is 3. The van der Waals surface area contributed by atoms with Crippen molar-refractivity contribution >= 4 is 0 Å². The molecule has 0 radical (unpaired) electrons. The molecule has 8 heteroatoms. The molecule has 1 unspecified atom stereocenters. The minimum Gasteiger partial charge on any atom is -0.438 e. The van der Waals surface area contributed by atoms with Crippen LogP contribution in [0.3, 0.4) is 0 Å². The predicted molar refractivity (Wildman–Crippen MR) is 129 cm³/mol. The van der Waals surface area contributed by atoms with Crippen LogP contribution in [0.2, 0.25) is 0 Å². The second-order valence-corrected chi connectivity index (χ2v) is 8.44. The van der Waals surface area contributed by atoms with E-state index in [1.807, 2.05) is 51.1 Å². The van der Waals surface area contributed by atoms with Crippen molar-refractivity contribution in [2.45, 2.75) is 39.5 Å². The summed E-state index contributed by atoms with van der Waals surface area (Å²) in [6, 6.07) is 15.7. The molecule has 0 bridgehead atoms. The molecule has 0 fully saturated rings. The maximum atomic E-state index is 13.9. The van der Waals surface area contributed by atoms with Gasteiger partial charge in [0.15, 0.2) is 0 Å². The molecule has 34 heavy (non-hydrogen) atoms. The maximum absolute atomic E-state index is 13.9. The number of aryl methyl sites for hydroxylation is 1. The van der Waals surface area contributed by atoms with Gasteiger partial charge in [0.1, 0.15) is 11.6 Å². The summed E-state index contributed by atoms with van der Waals surface area (Å²) in [6.07, 6.45) is -0.615. The first kappa shape index (κ1) is 25.8. The van der Waals surface area contributed by atoms with Gasteiger partial charge in [0, 0.05) is 32.8 Å². The molecule has 1 heterocycles. The molecular weight excluding hydrogens is 437 g/mol. The lowest BCUT2D eigenvalue weighted by Gasteiger charge is -2.25. The minimum atomic E-state index is -0.656. The van der Waals surface area contributed by atoms with Crippen molar-refractivity contribution in [1.29, 1.82) is 0 Å². The van der Waals surface area contributed by atoms with E-state index in [1.165, 1.54) is 12.1 Å². The zero-order chi connectivity index (χ0) is 24.5. The van der Waals surface area contributed by atoms with Crippen molar-refractivity contribution in [2.24, 2.45) is 0 Å². The summed E-state index contributed by atoms with van der Waals surface area (Å²) < 4.78 is 32.6. The van der Waals surface area contributed by atoms with Gasteiger partial charge in [-0.3, -0.25) is 4.90 Å². The third-order valence-corrected chi connectivity index (χ3v) is 5.23. The van der Waals surface area contributed by atoms with Crippen molar-refractivity contribution in [3.8, 4) is 17.3 Å². The predicted octanol–water partition coefficient (Wildman–Crippen LogP) is 4.35. The molecule has 7 nitrogen and oxygen atoms in total. The van der Waals surface area contributed by atoms with E-state index in [-0.39, 0.29) is 18.5 Å². The smallest absolute Gasteiger partial charge is 0.227 e. The van der Waals surface area contributed by atoms with Gasteiger partial charge in [-0.1, -0.05) is 24.3 Å². The number of aromatic nitrogens is 2. The molecule has 1 atom stereocenters. The molecule has 0 saturated carbocycles. The van der Waals surface area contributed by atoms with Crippen LogP contribution in [0.15, 0.2) is 54.6 Å². The first-order chi connectivity index (χ1) is 16.4. The summed E-state index contributed by atoms with van der Waals surface area (Å²) in [7, 11) is 1.65. The topological polar surface area (TPSA) is 69.0 Å². The Bertz CT molecular complexity index is 1030. The van der Waals surface area contributed by atoms with Crippen molar-refractivity contribution in [2.75, 3.05) is 33.4 Å². The minimum absolute atomic E-state index is 0.0414. The third-order valence-electron chi connectivity index (χ3n) is 5.23. The lowest BCUT2D eigenvalue weighted by molar-refractivity contribution is -0.0122. The van der Waals surface area contributed by atoms with E-state index in [1.54, 1.807) is 23.9 Å². The van der Waals surface area contributed by atoms with Crippen LogP contribution in [0.25, 0.3) is 5.69 Å². The largest absolute Gasteiger partial charge is 0.438 e. The number of aliphatic hydroxyl groups is 1. The van der Waals surface area contributed by atoms with E-state index in [0.29, 0.717) is 37.9 Å². The summed E-state index contributed by atoms with van der Waals surface area (Å²) in [5, 5.41) is 15.3. The molecule has 0 amide bonds. The van der Waals surface area contributed by atoms with Crippen LogP contribution in [0.1, 0.15) is 25.1 Å². The first-order valence-electron chi connectivity index (χ1n) is 11.5. The Morgan fingerprint density at radius 2 is 1.88 bits per heavy atom. The van der Waals surface area contributed by atoms with Gasteiger partial charge in [0.05, 0.1) is 42.4 Å². The number of rotatable bonds is 13. The summed E-state index contributed by atoms with van der Waals surface area (Å²) in [5.41, 5.74) is 2.46. The molecule has 0 aliphatic carbocycles. The van der Waals surface area contributed by atoms with Gasteiger partial charge in [-0.15, -0.1) is 0 Å². The van der Waals surface area contributed by atoms with E-state index in [2.05, 4.69) is 4.90 Å². The zero-order valence-corrected chi connectivity index (χ0v) is 20.3. The number of hydrogen-bond acceptors (Lipinski definition) is 6. The van der Waals surface area contributed by atoms with Crippen LogP contribution in [-0.2, 0) is 16.0 Å². The summed E-state index contributed by atoms with van der Waals surface area (Å²) in [5.74, 6) is 0.508. The molecule has 0 aliphatic heterocycles. The zero-order valence-electron chi connectivity index (χ0n) is 20.3. The summed E-state index contributed by atoms with van der Waals surface area (Å²) in [6.45, 7) is 8.00. The molecule has 1 N–H and O–H groups in total. The van der Waals surface area contributed by atoms with Crippen LogP contribution in [0.5, 0.6) is 11.6 Å². The molecule has 0 spiro atoms. The Balaban J connectivity index is 1.93. The van der Waals surface area contributed by atoms with Crippen molar-refractivity contribution in [1.82, 2.24) is 14.7 Å². The molecule has 3 aromatic rings. The van der Waals surface area contributed by atoms with Gasteiger partial charge >= 0.3 is 0 Å². The van der Waals surface area contributed by atoms with Crippen LogP contribution in [0, 0.1) is 12.7 Å².